The van der Waals surface area contributed by atoms with Crippen molar-refractivity contribution >= 4 is 17.2 Å². The highest BCUT2D eigenvalue weighted by Gasteiger charge is 2.19. The molecule has 0 radical (unpaired) electrons. The van der Waals surface area contributed by atoms with Crippen LogP contribution < -0.4 is 0 Å². The molecule has 2 heterocycles. The zero-order valence-electron chi connectivity index (χ0n) is 15.3. The molecule has 0 aliphatic heterocycles. The van der Waals surface area contributed by atoms with Crippen LogP contribution in [0.3, 0.4) is 0 Å². The van der Waals surface area contributed by atoms with Crippen LogP contribution in [0.25, 0.3) is 10.7 Å². The second-order valence-corrected chi connectivity index (χ2v) is 7.32. The monoisotopic (exact) mass is 376 g/mol. The van der Waals surface area contributed by atoms with Gasteiger partial charge < -0.3 is 4.90 Å². The summed E-state index contributed by atoms with van der Waals surface area (Å²) in [7, 11) is 0. The Kier molecular flexibility index (Phi) is 5.94. The van der Waals surface area contributed by atoms with E-state index in [1.165, 1.54) is 11.3 Å². The average molecular weight is 376 g/mol. The molecule has 0 atom stereocenters. The van der Waals surface area contributed by atoms with Crippen molar-refractivity contribution in [2.75, 3.05) is 0 Å². The standard InChI is InChI=1S/C21H20N4OS/c1-15(2)25(13-17-8-6-16(12-22)7-9-17)20(26)11-18-14-27-21(24-18)19-5-3-4-10-23-19/h3-10,14-15H,11,13H2,1-2H3. The summed E-state index contributed by atoms with van der Waals surface area (Å²) in [6.45, 7) is 4.52. The number of nitrogens with zero attached hydrogens (tertiary/aromatic N) is 4. The van der Waals surface area contributed by atoms with Gasteiger partial charge in [-0.2, -0.15) is 5.26 Å². The van der Waals surface area contributed by atoms with Gasteiger partial charge in [-0.05, 0) is 43.7 Å². The fraction of sp³-hybridized carbons (Fsp3) is 0.238. The molecular formula is C21H20N4OS. The summed E-state index contributed by atoms with van der Waals surface area (Å²) in [5, 5.41) is 11.7. The maximum Gasteiger partial charge on any atom is 0.229 e. The van der Waals surface area contributed by atoms with Gasteiger partial charge in [0.2, 0.25) is 5.91 Å². The summed E-state index contributed by atoms with van der Waals surface area (Å²) in [4.78, 5) is 23.6. The average Bonchev–Trinajstić information content (AvgIpc) is 3.15. The van der Waals surface area contributed by atoms with Crippen LogP contribution in [0.4, 0.5) is 0 Å². The lowest BCUT2D eigenvalue weighted by Gasteiger charge is -2.26. The number of amides is 1. The normalized spacial score (nSPS) is 10.6. The second kappa shape index (κ2) is 8.56. The number of nitriles is 1. The molecule has 0 fully saturated rings. The highest BCUT2D eigenvalue weighted by atomic mass is 32.1. The number of pyridine rings is 1. The largest absolute Gasteiger partial charge is 0.336 e. The Bertz CT molecular complexity index is 942. The molecule has 0 unspecified atom stereocenters. The van der Waals surface area contributed by atoms with Crippen LogP contribution in [0, 0.1) is 11.3 Å². The molecule has 1 amide bonds. The van der Waals surface area contributed by atoms with E-state index >= 15 is 0 Å². The van der Waals surface area contributed by atoms with E-state index in [1.54, 1.807) is 18.3 Å². The van der Waals surface area contributed by atoms with Crippen LogP contribution >= 0.6 is 11.3 Å². The molecule has 6 heteroatoms. The van der Waals surface area contributed by atoms with Gasteiger partial charge in [0.05, 0.1) is 29.4 Å². The number of carbonyl (C=O) groups excluding carboxylic acids is 1. The summed E-state index contributed by atoms with van der Waals surface area (Å²) in [5.41, 5.74) is 3.20. The molecule has 0 bridgehead atoms. The minimum atomic E-state index is 0.0345. The predicted octanol–water partition coefficient (Wildman–Crippen LogP) is 4.06. The van der Waals surface area contributed by atoms with Crippen LogP contribution in [0.2, 0.25) is 0 Å². The van der Waals surface area contributed by atoms with E-state index < -0.39 is 0 Å². The van der Waals surface area contributed by atoms with Crippen molar-refractivity contribution in [1.82, 2.24) is 14.9 Å². The van der Waals surface area contributed by atoms with E-state index in [2.05, 4.69) is 16.0 Å². The summed E-state index contributed by atoms with van der Waals surface area (Å²) < 4.78 is 0. The lowest BCUT2D eigenvalue weighted by atomic mass is 10.1. The molecule has 3 rings (SSSR count). The Hall–Kier alpha value is -3.04. The first kappa shape index (κ1) is 18.7. The number of thiazole rings is 1. The molecule has 5 nitrogen and oxygen atoms in total. The van der Waals surface area contributed by atoms with Gasteiger partial charge in [-0.25, -0.2) is 4.98 Å². The number of aromatic nitrogens is 2. The van der Waals surface area contributed by atoms with Crippen molar-refractivity contribution in [1.29, 1.82) is 5.26 Å². The van der Waals surface area contributed by atoms with E-state index in [1.807, 2.05) is 54.5 Å². The Balaban J connectivity index is 1.70. The lowest BCUT2D eigenvalue weighted by Crippen LogP contribution is -2.37. The number of benzene rings is 1. The molecule has 27 heavy (non-hydrogen) atoms. The van der Waals surface area contributed by atoms with Crippen LogP contribution in [0.15, 0.2) is 54.0 Å². The Morgan fingerprint density at radius 3 is 2.63 bits per heavy atom. The fourth-order valence-corrected chi connectivity index (χ4v) is 3.49. The Labute approximate surface area is 162 Å². The Morgan fingerprint density at radius 1 is 1.22 bits per heavy atom. The van der Waals surface area contributed by atoms with Gasteiger partial charge in [0.1, 0.15) is 5.01 Å². The van der Waals surface area contributed by atoms with E-state index in [-0.39, 0.29) is 18.4 Å². The van der Waals surface area contributed by atoms with Gasteiger partial charge in [-0.3, -0.25) is 9.78 Å². The van der Waals surface area contributed by atoms with Crippen molar-refractivity contribution in [2.45, 2.75) is 32.9 Å². The van der Waals surface area contributed by atoms with E-state index in [9.17, 15) is 4.79 Å². The number of hydrogen-bond acceptors (Lipinski definition) is 5. The molecule has 0 aliphatic carbocycles. The predicted molar refractivity (Wildman–Crippen MR) is 106 cm³/mol. The van der Waals surface area contributed by atoms with Crippen molar-refractivity contribution in [3.05, 3.63) is 70.9 Å². The van der Waals surface area contributed by atoms with E-state index in [0.29, 0.717) is 12.1 Å². The molecule has 0 N–H and O–H groups in total. The number of rotatable bonds is 6. The van der Waals surface area contributed by atoms with Crippen molar-refractivity contribution in [3.8, 4) is 16.8 Å². The van der Waals surface area contributed by atoms with Crippen LogP contribution in [-0.2, 0) is 17.8 Å². The molecule has 1 aromatic carbocycles. The first-order valence-electron chi connectivity index (χ1n) is 8.71. The van der Waals surface area contributed by atoms with Crippen molar-refractivity contribution in [3.63, 3.8) is 0 Å². The zero-order valence-corrected chi connectivity index (χ0v) is 16.1. The molecule has 0 spiro atoms. The number of hydrogen-bond donors (Lipinski definition) is 0. The quantitative estimate of drug-likeness (QED) is 0.650. The molecule has 2 aromatic heterocycles. The van der Waals surface area contributed by atoms with Gasteiger partial charge in [-0.15, -0.1) is 11.3 Å². The maximum atomic E-state index is 12.8. The molecule has 3 aromatic rings. The Morgan fingerprint density at radius 2 is 2.00 bits per heavy atom. The SMILES string of the molecule is CC(C)N(Cc1ccc(C#N)cc1)C(=O)Cc1csc(-c2ccccn2)n1. The molecule has 0 aliphatic rings. The zero-order chi connectivity index (χ0) is 19.2. The van der Waals surface area contributed by atoms with E-state index in [0.717, 1.165) is 22.0 Å². The minimum Gasteiger partial charge on any atom is -0.336 e. The first-order chi connectivity index (χ1) is 13.1. The third kappa shape index (κ3) is 4.78. The topological polar surface area (TPSA) is 69.9 Å². The third-order valence-electron chi connectivity index (χ3n) is 4.15. The van der Waals surface area contributed by atoms with Gasteiger partial charge in [0.25, 0.3) is 0 Å². The summed E-state index contributed by atoms with van der Waals surface area (Å²) >= 11 is 1.50. The second-order valence-electron chi connectivity index (χ2n) is 6.46. The smallest absolute Gasteiger partial charge is 0.229 e. The molecular weight excluding hydrogens is 356 g/mol. The third-order valence-corrected chi connectivity index (χ3v) is 5.06. The van der Waals surface area contributed by atoms with Crippen LogP contribution in [-0.4, -0.2) is 26.8 Å². The summed E-state index contributed by atoms with van der Waals surface area (Å²) in [6, 6.07) is 15.2. The maximum absolute atomic E-state index is 12.8. The van der Waals surface area contributed by atoms with Crippen molar-refractivity contribution in [2.24, 2.45) is 0 Å². The van der Waals surface area contributed by atoms with Gasteiger partial charge in [0.15, 0.2) is 0 Å². The van der Waals surface area contributed by atoms with Gasteiger partial charge in [0, 0.05) is 24.2 Å². The van der Waals surface area contributed by atoms with Gasteiger partial charge >= 0.3 is 0 Å². The van der Waals surface area contributed by atoms with Gasteiger partial charge in [-0.1, -0.05) is 18.2 Å². The molecule has 0 saturated heterocycles. The highest BCUT2D eigenvalue weighted by molar-refractivity contribution is 7.13. The van der Waals surface area contributed by atoms with Crippen LogP contribution in [0.1, 0.15) is 30.7 Å². The van der Waals surface area contributed by atoms with Crippen LogP contribution in [0.5, 0.6) is 0 Å². The highest BCUT2D eigenvalue weighted by Crippen LogP contribution is 2.22. The first-order valence-corrected chi connectivity index (χ1v) is 9.59. The fourth-order valence-electron chi connectivity index (χ4n) is 2.69. The minimum absolute atomic E-state index is 0.0345. The van der Waals surface area contributed by atoms with Crippen molar-refractivity contribution < 1.29 is 4.79 Å². The lowest BCUT2D eigenvalue weighted by molar-refractivity contribution is -0.132. The summed E-state index contributed by atoms with van der Waals surface area (Å²) in [5.74, 6) is 0.0345. The van der Waals surface area contributed by atoms with E-state index in [4.69, 9.17) is 5.26 Å². The molecule has 136 valence electrons. The summed E-state index contributed by atoms with van der Waals surface area (Å²) in [6.07, 6.45) is 2.00. The molecule has 0 saturated carbocycles. The number of carbonyl (C=O) groups is 1.